The van der Waals surface area contributed by atoms with Crippen molar-refractivity contribution >= 4 is 23.1 Å². The maximum atomic E-state index is 12.4. The molecule has 3 N–H and O–H groups in total. The fourth-order valence-corrected chi connectivity index (χ4v) is 4.55. The number of ether oxygens (including phenoxy) is 2. The summed E-state index contributed by atoms with van der Waals surface area (Å²) in [6.07, 6.45) is 5.35. The van der Waals surface area contributed by atoms with E-state index in [1.807, 2.05) is 23.1 Å². The zero-order chi connectivity index (χ0) is 24.7. The van der Waals surface area contributed by atoms with Gasteiger partial charge in [0.15, 0.2) is 22.6 Å². The number of nitrogens with one attached hydrogen (secondary N) is 2. The minimum Gasteiger partial charge on any atom is -0.494 e. The van der Waals surface area contributed by atoms with Crippen molar-refractivity contribution in [3.63, 3.8) is 0 Å². The van der Waals surface area contributed by atoms with Crippen LogP contribution in [0.5, 0.6) is 5.75 Å². The van der Waals surface area contributed by atoms with Crippen LogP contribution < -0.4 is 10.1 Å². The van der Waals surface area contributed by atoms with Crippen molar-refractivity contribution in [2.75, 3.05) is 32.8 Å². The molecule has 1 aromatic rings. The van der Waals surface area contributed by atoms with Crippen LogP contribution in [0.2, 0.25) is 0 Å². The largest absolute Gasteiger partial charge is 0.494 e. The van der Waals surface area contributed by atoms with E-state index < -0.39 is 11.1 Å². The number of Topliss-reactive ketones (excluding diaryl/α,β-unsaturated/α-hetero) is 1. The van der Waals surface area contributed by atoms with Crippen molar-refractivity contribution in [2.45, 2.75) is 58.2 Å². The number of carbonyl (C=O) groups is 1. The highest BCUT2D eigenvalue weighted by atomic mass is 32.2. The minimum atomic E-state index is -1.98. The molecule has 1 saturated carbocycles. The lowest BCUT2D eigenvalue weighted by Crippen LogP contribution is -2.46. The average molecular weight is 492 g/mol. The van der Waals surface area contributed by atoms with Crippen LogP contribution in [0, 0.1) is 10.8 Å². The van der Waals surface area contributed by atoms with Crippen LogP contribution in [-0.2, 0) is 26.4 Å². The summed E-state index contributed by atoms with van der Waals surface area (Å²) in [5, 5.41) is 11.5. The summed E-state index contributed by atoms with van der Waals surface area (Å²) in [5.74, 6) is 0.789. The Balaban J connectivity index is 1.86. The molecule has 0 bridgehead atoms. The second-order valence-corrected chi connectivity index (χ2v) is 10.4. The number of ketones is 1. The van der Waals surface area contributed by atoms with Crippen LogP contribution in [0.4, 0.5) is 0 Å². The first-order valence-corrected chi connectivity index (χ1v) is 13.2. The van der Waals surface area contributed by atoms with Crippen molar-refractivity contribution in [2.24, 2.45) is 5.41 Å². The highest BCUT2D eigenvalue weighted by molar-refractivity contribution is 7.78. The molecule has 0 amide bonds. The zero-order valence-corrected chi connectivity index (χ0v) is 21.2. The van der Waals surface area contributed by atoms with Gasteiger partial charge in [-0.3, -0.25) is 4.79 Å². The summed E-state index contributed by atoms with van der Waals surface area (Å²) >= 11 is -1.98. The highest BCUT2D eigenvalue weighted by Crippen LogP contribution is 2.45. The highest BCUT2D eigenvalue weighted by Gasteiger charge is 2.39. The van der Waals surface area contributed by atoms with Gasteiger partial charge in [0, 0.05) is 38.2 Å². The van der Waals surface area contributed by atoms with E-state index >= 15 is 0 Å². The molecule has 2 aliphatic rings. The predicted molar refractivity (Wildman–Crippen MR) is 133 cm³/mol. The Morgan fingerprint density at radius 1 is 1.41 bits per heavy atom. The molecule has 9 heteroatoms. The maximum Gasteiger partial charge on any atom is 0.196 e. The number of carbonyl (C=O) groups excluding carboxylic acids is 1. The van der Waals surface area contributed by atoms with E-state index in [1.54, 1.807) is 0 Å². The number of allylic oxidation sites excluding steroid dienone is 2. The Kier molecular flexibility index (Phi) is 9.27. The van der Waals surface area contributed by atoms with Gasteiger partial charge in [0.2, 0.25) is 0 Å². The number of rotatable bonds is 13. The van der Waals surface area contributed by atoms with Gasteiger partial charge < -0.3 is 29.7 Å². The van der Waals surface area contributed by atoms with Crippen molar-refractivity contribution in [3.05, 3.63) is 40.8 Å². The molecular weight excluding hydrogens is 454 g/mol. The van der Waals surface area contributed by atoms with Crippen molar-refractivity contribution < 1.29 is 23.0 Å². The second kappa shape index (κ2) is 12.0. The van der Waals surface area contributed by atoms with Crippen LogP contribution in [0.25, 0.3) is 0 Å². The van der Waals surface area contributed by atoms with Crippen LogP contribution >= 0.6 is 0 Å². The summed E-state index contributed by atoms with van der Waals surface area (Å²) in [4.78, 5) is 14.4. The molecule has 0 radical (unpaired) electrons. The first-order valence-electron chi connectivity index (χ1n) is 12.0. The van der Waals surface area contributed by atoms with Gasteiger partial charge in [-0.1, -0.05) is 26.3 Å². The molecule has 0 spiro atoms. The number of unbranched alkanes of at least 4 members (excludes halogenated alkanes) is 1. The van der Waals surface area contributed by atoms with Gasteiger partial charge in [0.1, 0.15) is 11.4 Å². The molecule has 8 nitrogen and oxygen atoms in total. The molecule has 0 aromatic heterocycles. The Morgan fingerprint density at radius 3 is 2.79 bits per heavy atom. The fraction of sp³-hybridized carbons (Fsp3) is 0.600. The van der Waals surface area contributed by atoms with E-state index in [0.29, 0.717) is 38.5 Å². The van der Waals surface area contributed by atoms with E-state index in [0.717, 1.165) is 42.6 Å². The summed E-state index contributed by atoms with van der Waals surface area (Å²) in [6.45, 7) is 8.54. The molecule has 188 valence electrons. The normalized spacial score (nSPS) is 20.8. The summed E-state index contributed by atoms with van der Waals surface area (Å²) < 4.78 is 33.0. The van der Waals surface area contributed by atoms with Crippen molar-refractivity contribution in [1.82, 2.24) is 10.2 Å². The molecule has 2 unspecified atom stereocenters. The van der Waals surface area contributed by atoms with Crippen LogP contribution in [-0.4, -0.2) is 58.5 Å². The molecule has 34 heavy (non-hydrogen) atoms. The Hall–Kier alpha value is -2.23. The lowest BCUT2D eigenvalue weighted by atomic mass is 9.98. The molecule has 1 aliphatic carbocycles. The van der Waals surface area contributed by atoms with Gasteiger partial charge in [-0.05, 0) is 42.5 Å². The maximum absolute atomic E-state index is 12.4. The number of benzene rings is 1. The first kappa shape index (κ1) is 26.4. The van der Waals surface area contributed by atoms with Crippen molar-refractivity contribution in [3.8, 4) is 5.75 Å². The van der Waals surface area contributed by atoms with Gasteiger partial charge in [-0.15, -0.1) is 0 Å². The second-order valence-electron chi connectivity index (χ2n) is 9.50. The molecule has 1 aliphatic heterocycles. The van der Waals surface area contributed by atoms with E-state index in [4.69, 9.17) is 14.9 Å². The molecule has 3 rings (SSSR count). The minimum absolute atomic E-state index is 0.0242. The average Bonchev–Trinajstić information content (AvgIpc) is 3.54. The summed E-state index contributed by atoms with van der Waals surface area (Å²) in [6, 6.07) is 5.46. The number of piperazine rings is 1. The topological polar surface area (TPSA) is 112 Å². The standard InChI is InChI=1S/C25H37N3O5S/c1-4-5-12-32-20-7-6-19(16-34(30)31)21(13-20)22-15-28(11-10-27-22)23(14-26)24(18(2)29)33-17-25(3)8-9-25/h6-7,13-14,22,26-27H,4-5,8-12,15-17H2,1-3H3,(H,30,31). The SMILES string of the molecule is CCCCOc1ccc(CS(=O)O)c(C2CN(C(C=N)=C(OCC3(C)CC3)C(C)=O)CCN2)c1. The zero-order valence-electron chi connectivity index (χ0n) is 20.4. The third-order valence-electron chi connectivity index (χ3n) is 6.41. The Labute approximate surface area is 204 Å². The van der Waals surface area contributed by atoms with Crippen molar-refractivity contribution in [1.29, 1.82) is 5.41 Å². The number of nitrogens with zero attached hydrogens (tertiary/aromatic N) is 1. The third kappa shape index (κ3) is 7.13. The summed E-state index contributed by atoms with van der Waals surface area (Å²) in [7, 11) is 0. The first-order chi connectivity index (χ1) is 16.3. The van der Waals surface area contributed by atoms with E-state index in [-0.39, 0.29) is 28.8 Å². The molecular formula is C25H37N3O5S. The molecule has 1 aromatic carbocycles. The smallest absolute Gasteiger partial charge is 0.196 e. The number of hydrogen-bond acceptors (Lipinski definition) is 7. The number of hydrogen-bond donors (Lipinski definition) is 3. The fourth-order valence-electron chi connectivity index (χ4n) is 4.02. The Morgan fingerprint density at radius 2 is 2.18 bits per heavy atom. The monoisotopic (exact) mass is 491 g/mol. The van der Waals surface area contributed by atoms with Crippen LogP contribution in [0.1, 0.15) is 63.6 Å². The Bertz CT molecular complexity index is 944. The lowest BCUT2D eigenvalue weighted by Gasteiger charge is -2.37. The van der Waals surface area contributed by atoms with E-state index in [9.17, 15) is 13.6 Å². The molecule has 1 heterocycles. The third-order valence-corrected chi connectivity index (χ3v) is 6.97. The molecule has 1 saturated heterocycles. The van der Waals surface area contributed by atoms with Gasteiger partial charge in [-0.25, -0.2) is 4.21 Å². The van der Waals surface area contributed by atoms with Crippen LogP contribution in [0.15, 0.2) is 29.7 Å². The van der Waals surface area contributed by atoms with Gasteiger partial charge in [0.05, 0.1) is 25.0 Å². The lowest BCUT2D eigenvalue weighted by molar-refractivity contribution is -0.117. The summed E-state index contributed by atoms with van der Waals surface area (Å²) in [5.41, 5.74) is 2.26. The molecule has 2 fully saturated rings. The van der Waals surface area contributed by atoms with E-state index in [1.165, 1.54) is 13.1 Å². The van der Waals surface area contributed by atoms with E-state index in [2.05, 4.69) is 19.2 Å². The predicted octanol–water partition coefficient (Wildman–Crippen LogP) is 3.80. The molecule has 2 atom stereocenters. The van der Waals surface area contributed by atoms with Gasteiger partial charge in [-0.2, -0.15) is 0 Å². The quantitative estimate of drug-likeness (QED) is 0.126. The van der Waals surface area contributed by atoms with Crippen LogP contribution in [0.3, 0.4) is 0 Å². The van der Waals surface area contributed by atoms with Gasteiger partial charge >= 0.3 is 0 Å². The van der Waals surface area contributed by atoms with Gasteiger partial charge in [0.25, 0.3) is 0 Å².